The molecule has 0 aliphatic carbocycles. The van der Waals surface area contributed by atoms with Gasteiger partial charge in [-0.05, 0) is 0 Å². The first-order valence-corrected chi connectivity index (χ1v) is 9.09. The van der Waals surface area contributed by atoms with Gasteiger partial charge in [0.25, 0.3) is 0 Å². The van der Waals surface area contributed by atoms with E-state index in [4.69, 9.17) is 22.3 Å². The minimum absolute atomic E-state index is 0.0323. The molecule has 0 unspecified atom stereocenters. The summed E-state index contributed by atoms with van der Waals surface area (Å²) in [6.45, 7) is 0. The van der Waals surface area contributed by atoms with E-state index in [-0.39, 0.29) is 11.7 Å². The Bertz CT molecular complexity index is 761. The molecule has 0 radical (unpaired) electrons. The maximum absolute atomic E-state index is 7.44. The van der Waals surface area contributed by atoms with Gasteiger partial charge in [-0.3, -0.25) is 0 Å². The van der Waals surface area contributed by atoms with Crippen LogP contribution in [-0.2, 0) is 0 Å². The first kappa shape index (κ1) is 15.2. The van der Waals surface area contributed by atoms with Gasteiger partial charge in [0.15, 0.2) is 0 Å². The van der Waals surface area contributed by atoms with Crippen LogP contribution in [0.4, 0.5) is 0 Å². The second-order valence-corrected chi connectivity index (χ2v) is 7.91. The molecule has 0 atom stereocenters. The molecule has 3 rings (SSSR count). The minimum atomic E-state index is -0.459. The Morgan fingerprint density at radius 3 is 2.00 bits per heavy atom. The quantitative estimate of drug-likeness (QED) is 0.369. The van der Waals surface area contributed by atoms with Crippen molar-refractivity contribution < 1.29 is 0 Å². The van der Waals surface area contributed by atoms with Crippen LogP contribution in [0.1, 0.15) is 22.4 Å². The third-order valence-electron chi connectivity index (χ3n) is 3.54. The second-order valence-electron chi connectivity index (χ2n) is 5.12. The van der Waals surface area contributed by atoms with E-state index in [0.29, 0.717) is 5.56 Å². The summed E-state index contributed by atoms with van der Waals surface area (Å²) in [5.41, 5.74) is 14.4. The van der Waals surface area contributed by atoms with Crippen molar-refractivity contribution in [3.05, 3.63) is 77.1 Å². The van der Waals surface area contributed by atoms with Gasteiger partial charge in [0.2, 0.25) is 0 Å². The Morgan fingerprint density at radius 1 is 0.826 bits per heavy atom. The van der Waals surface area contributed by atoms with E-state index in [0.717, 1.165) is 11.3 Å². The van der Waals surface area contributed by atoms with Crippen molar-refractivity contribution in [1.82, 2.24) is 4.98 Å². The molecule has 5 nitrogen and oxygen atoms in total. The number of pyridine rings is 1. The van der Waals surface area contributed by atoms with Crippen LogP contribution in [0.25, 0.3) is 8.94 Å². The predicted molar refractivity (Wildman–Crippen MR) is 97.2 cm³/mol. The number of hydrogen-bond acceptors (Lipinski definition) is 3. The molecular formula is C17H17N5Se. The Morgan fingerprint density at radius 2 is 1.43 bits per heavy atom. The van der Waals surface area contributed by atoms with Gasteiger partial charge in [-0.1, -0.05) is 0 Å². The number of aromatic nitrogens is 1. The summed E-state index contributed by atoms with van der Waals surface area (Å²) in [4.78, 5) is 4.41. The van der Waals surface area contributed by atoms with Crippen LogP contribution in [0.15, 0.2) is 54.7 Å². The van der Waals surface area contributed by atoms with E-state index in [1.54, 1.807) is 6.20 Å². The number of rotatable bonds is 4. The van der Waals surface area contributed by atoms with Crippen LogP contribution < -0.4 is 11.5 Å². The van der Waals surface area contributed by atoms with Gasteiger partial charge in [0.1, 0.15) is 0 Å². The molecule has 1 aliphatic rings. The summed E-state index contributed by atoms with van der Waals surface area (Å²) in [6.07, 6.45) is 5.90. The summed E-state index contributed by atoms with van der Waals surface area (Å²) in [5, 5.41) is 14.8. The zero-order valence-corrected chi connectivity index (χ0v) is 14.4. The van der Waals surface area contributed by atoms with Gasteiger partial charge < -0.3 is 0 Å². The monoisotopic (exact) mass is 371 g/mol. The first-order chi connectivity index (χ1) is 11.0. The molecule has 0 bridgehead atoms. The molecule has 0 saturated heterocycles. The van der Waals surface area contributed by atoms with Crippen molar-refractivity contribution in [2.45, 2.75) is 0 Å². The Labute approximate surface area is 140 Å². The predicted octanol–water partition coefficient (Wildman–Crippen LogP) is 1.21. The number of nitrogens with zero attached hydrogens (tertiary/aromatic N) is 1. The number of nitrogens with two attached hydrogens (primary N) is 2. The third-order valence-corrected chi connectivity index (χ3v) is 6.52. The fourth-order valence-corrected chi connectivity index (χ4v) is 4.79. The van der Waals surface area contributed by atoms with Crippen LogP contribution in [-0.4, -0.2) is 31.6 Å². The fourth-order valence-electron chi connectivity index (χ4n) is 2.25. The molecule has 2 aromatic rings. The van der Waals surface area contributed by atoms with Gasteiger partial charge in [-0.25, -0.2) is 0 Å². The third kappa shape index (κ3) is 3.23. The fraction of sp³-hybridized carbons (Fsp3) is 0. The van der Waals surface area contributed by atoms with Crippen molar-refractivity contribution in [2.75, 3.05) is 0 Å². The molecule has 0 spiro atoms. The molecule has 2 heterocycles. The molecule has 116 valence electrons. The SMILES string of the molecule is N=C(N)c1ccc(C2=CC=C(c3ccc(C(=N)N)cn3)[SeH2]2)cc1. The average Bonchev–Trinajstić information content (AvgIpc) is 3.05. The van der Waals surface area contributed by atoms with Crippen LogP contribution in [0.5, 0.6) is 0 Å². The van der Waals surface area contributed by atoms with E-state index in [1.165, 1.54) is 14.5 Å². The molecule has 6 heteroatoms. The molecular weight excluding hydrogens is 353 g/mol. The zero-order chi connectivity index (χ0) is 16.4. The molecule has 0 fully saturated rings. The Hall–Kier alpha value is -2.69. The van der Waals surface area contributed by atoms with Crippen molar-refractivity contribution in [3.8, 4) is 0 Å². The van der Waals surface area contributed by atoms with Crippen molar-refractivity contribution in [3.63, 3.8) is 0 Å². The van der Waals surface area contributed by atoms with Crippen molar-refractivity contribution >= 4 is 35.6 Å². The number of amidine groups is 2. The topological polar surface area (TPSA) is 113 Å². The standard InChI is InChI=1S/C17H17N5Se/c18-16(19)11-3-1-10(2-4-11)14-7-8-15(23-14)13-6-5-12(9-22-13)17(20)21/h1-9H,23H2,(H3,18,19)(H3,20,21). The number of benzene rings is 1. The summed E-state index contributed by atoms with van der Waals surface area (Å²) in [5.74, 6) is 0.117. The van der Waals surface area contributed by atoms with E-state index < -0.39 is 15.0 Å². The summed E-state index contributed by atoms with van der Waals surface area (Å²) in [6, 6.07) is 11.5. The van der Waals surface area contributed by atoms with Crippen LogP contribution in [0, 0.1) is 10.8 Å². The van der Waals surface area contributed by atoms with Gasteiger partial charge in [-0.15, -0.1) is 0 Å². The summed E-state index contributed by atoms with van der Waals surface area (Å²) in [7, 11) is 0. The molecule has 1 aromatic carbocycles. The maximum atomic E-state index is 7.44. The normalized spacial score (nSPS) is 15.1. The number of nitrogen functional groups attached to an aromatic ring is 2. The first-order valence-electron chi connectivity index (χ1n) is 6.99. The van der Waals surface area contributed by atoms with E-state index in [2.05, 4.69) is 17.1 Å². The average molecular weight is 370 g/mol. The number of nitrogens with one attached hydrogen (secondary N) is 2. The van der Waals surface area contributed by atoms with Crippen LogP contribution in [0.3, 0.4) is 0 Å². The molecule has 0 saturated carbocycles. The van der Waals surface area contributed by atoms with Gasteiger partial charge in [0, 0.05) is 0 Å². The van der Waals surface area contributed by atoms with Gasteiger partial charge >= 0.3 is 140 Å². The molecule has 6 N–H and O–H groups in total. The van der Waals surface area contributed by atoms with Crippen LogP contribution in [0.2, 0.25) is 0 Å². The van der Waals surface area contributed by atoms with E-state index in [9.17, 15) is 0 Å². The van der Waals surface area contributed by atoms with Crippen molar-refractivity contribution in [2.24, 2.45) is 11.5 Å². The van der Waals surface area contributed by atoms with Crippen molar-refractivity contribution in [1.29, 1.82) is 10.8 Å². The van der Waals surface area contributed by atoms with Gasteiger partial charge in [-0.2, -0.15) is 0 Å². The van der Waals surface area contributed by atoms with Gasteiger partial charge in [0.05, 0.1) is 0 Å². The van der Waals surface area contributed by atoms with E-state index >= 15 is 0 Å². The molecule has 0 amide bonds. The Balaban J connectivity index is 1.74. The van der Waals surface area contributed by atoms with E-state index in [1.807, 2.05) is 36.4 Å². The summed E-state index contributed by atoms with van der Waals surface area (Å²) >= 11 is -0.459. The van der Waals surface area contributed by atoms with Crippen LogP contribution >= 0.6 is 0 Å². The zero-order valence-electron chi connectivity index (χ0n) is 12.3. The molecule has 23 heavy (non-hydrogen) atoms. The Kier molecular flexibility index (Phi) is 4.10. The number of allylic oxidation sites excluding steroid dienone is 2. The molecule has 1 aromatic heterocycles. The molecule has 1 aliphatic heterocycles. The summed E-state index contributed by atoms with van der Waals surface area (Å²) < 4.78 is 2.58. The number of hydrogen-bond donors (Lipinski definition) is 4. The second kappa shape index (κ2) is 6.20.